The topological polar surface area (TPSA) is 127 Å². The van der Waals surface area contributed by atoms with E-state index >= 15 is 0 Å². The molecular weight excluding hydrogens is 386 g/mol. The summed E-state index contributed by atoms with van der Waals surface area (Å²) in [4.78, 5) is 38.5. The summed E-state index contributed by atoms with van der Waals surface area (Å²) in [6.07, 6.45) is 0.983. The van der Waals surface area contributed by atoms with Gasteiger partial charge in [-0.1, -0.05) is 25.1 Å². The molecule has 0 radical (unpaired) electrons. The van der Waals surface area contributed by atoms with Crippen LogP contribution in [0.4, 0.5) is 0 Å². The molecule has 1 aromatic carbocycles. The highest BCUT2D eigenvalue weighted by atomic mass is 32.2. The second-order valence-corrected chi connectivity index (χ2v) is 9.03. The summed E-state index contributed by atoms with van der Waals surface area (Å²) in [6.45, 7) is 1.78. The zero-order valence-electron chi connectivity index (χ0n) is 15.4. The summed E-state index contributed by atoms with van der Waals surface area (Å²) in [6, 6.07) is 5.75. The average molecular weight is 407 g/mol. The zero-order chi connectivity index (χ0) is 20.5. The van der Waals surface area contributed by atoms with Crippen LogP contribution in [0, 0.1) is 0 Å². The number of amides is 1. The Balaban J connectivity index is 1.96. The lowest BCUT2D eigenvalue weighted by molar-refractivity contribution is -0.134. The predicted molar refractivity (Wildman–Crippen MR) is 102 cm³/mol. The Morgan fingerprint density at radius 2 is 1.96 bits per heavy atom. The Morgan fingerprint density at radius 1 is 1.29 bits per heavy atom. The molecule has 1 saturated heterocycles. The maximum absolute atomic E-state index is 12.9. The number of benzene rings is 1. The third kappa shape index (κ3) is 3.91. The van der Waals surface area contributed by atoms with Crippen molar-refractivity contribution in [3.8, 4) is 0 Å². The van der Waals surface area contributed by atoms with E-state index in [-0.39, 0.29) is 28.0 Å². The third-order valence-electron chi connectivity index (χ3n) is 4.79. The van der Waals surface area contributed by atoms with Gasteiger partial charge in [0.2, 0.25) is 5.91 Å². The van der Waals surface area contributed by atoms with Crippen LogP contribution in [0.2, 0.25) is 0 Å². The maximum atomic E-state index is 12.9. The second kappa shape index (κ2) is 7.70. The molecule has 0 aliphatic carbocycles. The second-order valence-electron chi connectivity index (χ2n) is 6.81. The molecule has 2 heterocycles. The van der Waals surface area contributed by atoms with Crippen molar-refractivity contribution < 1.29 is 23.1 Å². The number of sulfone groups is 1. The van der Waals surface area contributed by atoms with Crippen LogP contribution in [-0.4, -0.2) is 64.2 Å². The quantitative estimate of drug-likeness (QED) is 0.739. The van der Waals surface area contributed by atoms with Gasteiger partial charge in [-0.15, -0.1) is 0 Å². The van der Waals surface area contributed by atoms with E-state index in [0.29, 0.717) is 19.4 Å². The molecule has 1 atom stereocenters. The lowest BCUT2D eigenvalue weighted by Crippen LogP contribution is -2.45. The third-order valence-corrected chi connectivity index (χ3v) is 6.54. The molecule has 0 saturated carbocycles. The van der Waals surface area contributed by atoms with Crippen LogP contribution in [-0.2, 0) is 21.2 Å². The molecule has 28 heavy (non-hydrogen) atoms. The van der Waals surface area contributed by atoms with Gasteiger partial charge in [-0.25, -0.2) is 17.9 Å². The lowest BCUT2D eigenvalue weighted by atomic mass is 10.1. The lowest BCUT2D eigenvalue weighted by Gasteiger charge is -2.28. The van der Waals surface area contributed by atoms with E-state index in [2.05, 4.69) is 5.10 Å². The molecule has 1 N–H and O–H groups in total. The fraction of sp³-hybridized carbons (Fsp3) is 0.444. The van der Waals surface area contributed by atoms with Crippen molar-refractivity contribution in [3.05, 3.63) is 40.3 Å². The van der Waals surface area contributed by atoms with Crippen LogP contribution < -0.4 is 5.56 Å². The average Bonchev–Trinajstić information content (AvgIpc) is 3.01. The summed E-state index contributed by atoms with van der Waals surface area (Å²) in [7, 11) is -3.18. The highest BCUT2D eigenvalue weighted by molar-refractivity contribution is 7.91. The first kappa shape index (κ1) is 20.0. The first-order valence-electron chi connectivity index (χ1n) is 8.96. The number of rotatable bonds is 6. The Labute approximate surface area is 161 Å². The molecule has 1 amide bonds. The van der Waals surface area contributed by atoms with E-state index in [1.165, 1.54) is 17.0 Å². The van der Waals surface area contributed by atoms with E-state index in [4.69, 9.17) is 0 Å². The number of hydrogen-bond acceptors (Lipinski definition) is 6. The molecule has 1 aliphatic rings. The molecule has 10 heteroatoms. The standard InChI is InChI=1S/C18H21N3O6S/c1-2-8-20(12-7-9-28(26,27)11-12)15(22)10-21-17(23)14-6-4-3-5-13(14)16(19-21)18(24)25/h3-6,12H,2,7-11H2,1H3,(H,24,25)/t12-/m1/s1. The Bertz CT molecular complexity index is 1090. The normalized spacial score (nSPS) is 18.2. The number of carbonyl (C=O) groups excluding carboxylic acids is 1. The number of nitrogens with zero attached hydrogens (tertiary/aromatic N) is 3. The monoisotopic (exact) mass is 407 g/mol. The van der Waals surface area contributed by atoms with Gasteiger partial charge in [0, 0.05) is 18.0 Å². The summed E-state index contributed by atoms with van der Waals surface area (Å²) in [5.41, 5.74) is -0.877. The van der Waals surface area contributed by atoms with Crippen molar-refractivity contribution >= 4 is 32.5 Å². The smallest absolute Gasteiger partial charge is 0.357 e. The van der Waals surface area contributed by atoms with Crippen LogP contribution in [0.1, 0.15) is 30.3 Å². The molecule has 3 rings (SSSR count). The number of carbonyl (C=O) groups is 2. The van der Waals surface area contributed by atoms with Crippen LogP contribution in [0.5, 0.6) is 0 Å². The van der Waals surface area contributed by atoms with Gasteiger partial charge in [0.05, 0.1) is 16.9 Å². The van der Waals surface area contributed by atoms with Crippen LogP contribution in [0.15, 0.2) is 29.1 Å². The summed E-state index contributed by atoms with van der Waals surface area (Å²) in [5.74, 6) is -1.82. The van der Waals surface area contributed by atoms with Gasteiger partial charge in [0.1, 0.15) is 6.54 Å². The summed E-state index contributed by atoms with van der Waals surface area (Å²) in [5, 5.41) is 13.7. The number of hydrogen-bond donors (Lipinski definition) is 1. The number of carboxylic acids is 1. The molecule has 9 nitrogen and oxygen atoms in total. The van der Waals surface area contributed by atoms with Gasteiger partial charge in [-0.05, 0) is 18.9 Å². The summed E-state index contributed by atoms with van der Waals surface area (Å²) < 4.78 is 24.4. The first-order chi connectivity index (χ1) is 13.2. The van der Waals surface area contributed by atoms with Crippen molar-refractivity contribution in [2.45, 2.75) is 32.4 Å². The van der Waals surface area contributed by atoms with E-state index in [1.54, 1.807) is 12.1 Å². The van der Waals surface area contributed by atoms with E-state index in [1.807, 2.05) is 6.92 Å². The number of carboxylic acid groups (broad SMARTS) is 1. The van der Waals surface area contributed by atoms with Gasteiger partial charge in [0.15, 0.2) is 15.5 Å². The molecule has 1 fully saturated rings. The highest BCUT2D eigenvalue weighted by Crippen LogP contribution is 2.19. The van der Waals surface area contributed by atoms with Gasteiger partial charge >= 0.3 is 5.97 Å². The SMILES string of the molecule is CCCN(C(=O)Cn1nc(C(=O)O)c2ccccc2c1=O)[C@@H]1CCS(=O)(=O)C1. The minimum Gasteiger partial charge on any atom is -0.476 e. The number of aromatic nitrogens is 2. The fourth-order valence-electron chi connectivity index (χ4n) is 3.49. The van der Waals surface area contributed by atoms with Gasteiger partial charge in [0.25, 0.3) is 5.56 Å². The van der Waals surface area contributed by atoms with Crippen LogP contribution in [0.3, 0.4) is 0 Å². The van der Waals surface area contributed by atoms with Crippen LogP contribution >= 0.6 is 0 Å². The molecule has 2 aromatic rings. The van der Waals surface area contributed by atoms with Gasteiger partial charge < -0.3 is 10.0 Å². The van der Waals surface area contributed by atoms with Crippen molar-refractivity contribution in [1.82, 2.24) is 14.7 Å². The Kier molecular flexibility index (Phi) is 5.50. The molecule has 1 aliphatic heterocycles. The Morgan fingerprint density at radius 3 is 2.54 bits per heavy atom. The fourth-order valence-corrected chi connectivity index (χ4v) is 5.22. The van der Waals surface area contributed by atoms with Crippen molar-refractivity contribution in [2.75, 3.05) is 18.1 Å². The van der Waals surface area contributed by atoms with Crippen LogP contribution in [0.25, 0.3) is 10.8 Å². The van der Waals surface area contributed by atoms with Gasteiger partial charge in [-0.2, -0.15) is 5.10 Å². The molecule has 0 bridgehead atoms. The maximum Gasteiger partial charge on any atom is 0.357 e. The minimum absolute atomic E-state index is 0.0303. The molecule has 0 unspecified atom stereocenters. The molecular formula is C18H21N3O6S. The number of aromatic carboxylic acids is 1. The van der Waals surface area contributed by atoms with Crippen molar-refractivity contribution in [3.63, 3.8) is 0 Å². The van der Waals surface area contributed by atoms with E-state index < -0.39 is 39.9 Å². The van der Waals surface area contributed by atoms with E-state index in [9.17, 15) is 27.9 Å². The Hall–Kier alpha value is -2.75. The molecule has 150 valence electrons. The molecule has 1 aromatic heterocycles. The van der Waals surface area contributed by atoms with Gasteiger partial charge in [-0.3, -0.25) is 9.59 Å². The highest BCUT2D eigenvalue weighted by Gasteiger charge is 2.34. The number of fused-ring (bicyclic) bond motifs is 1. The first-order valence-corrected chi connectivity index (χ1v) is 10.8. The molecule has 0 spiro atoms. The van der Waals surface area contributed by atoms with Crippen molar-refractivity contribution in [1.29, 1.82) is 0 Å². The summed E-state index contributed by atoms with van der Waals surface area (Å²) >= 11 is 0. The minimum atomic E-state index is -3.18. The van der Waals surface area contributed by atoms with Crippen molar-refractivity contribution in [2.24, 2.45) is 0 Å². The zero-order valence-corrected chi connectivity index (χ0v) is 16.2. The van der Waals surface area contributed by atoms with E-state index in [0.717, 1.165) is 4.68 Å². The largest absolute Gasteiger partial charge is 0.476 e. The predicted octanol–water partition coefficient (Wildman–Crippen LogP) is 0.520.